The third-order valence-electron chi connectivity index (χ3n) is 4.45. The molecule has 4 rings (SSSR count). The van der Waals surface area contributed by atoms with Crippen LogP contribution in [0.15, 0.2) is 30.5 Å². The van der Waals surface area contributed by atoms with Crippen molar-refractivity contribution < 1.29 is 4.74 Å². The highest BCUT2D eigenvalue weighted by atomic mass is 16.5. The van der Waals surface area contributed by atoms with Crippen LogP contribution >= 0.6 is 0 Å². The maximum absolute atomic E-state index is 5.79. The number of para-hydroxylation sites is 1. The van der Waals surface area contributed by atoms with Crippen LogP contribution in [0, 0.1) is 0 Å². The van der Waals surface area contributed by atoms with Crippen molar-refractivity contribution >= 4 is 10.9 Å². The highest BCUT2D eigenvalue weighted by Crippen LogP contribution is 2.25. The summed E-state index contributed by atoms with van der Waals surface area (Å²) in [5.41, 5.74) is 2.80. The van der Waals surface area contributed by atoms with Gasteiger partial charge in [-0.25, -0.2) is 0 Å². The molecule has 1 saturated heterocycles. The summed E-state index contributed by atoms with van der Waals surface area (Å²) < 4.78 is 8.17. The number of aromatic nitrogens is 1. The Morgan fingerprint density at radius 2 is 2.15 bits per heavy atom. The molecule has 1 aliphatic carbocycles. The second kappa shape index (κ2) is 5.23. The molecular formula is C17H22N2O. The van der Waals surface area contributed by atoms with Crippen molar-refractivity contribution in [2.24, 2.45) is 0 Å². The van der Waals surface area contributed by atoms with Crippen molar-refractivity contribution in [1.82, 2.24) is 9.88 Å². The lowest BCUT2D eigenvalue weighted by molar-refractivity contribution is 0.0980. The van der Waals surface area contributed by atoms with Gasteiger partial charge in [0, 0.05) is 31.9 Å². The van der Waals surface area contributed by atoms with Crippen LogP contribution in [-0.2, 0) is 17.8 Å². The van der Waals surface area contributed by atoms with Gasteiger partial charge in [0.15, 0.2) is 0 Å². The topological polar surface area (TPSA) is 26.2 Å². The second-order valence-corrected chi connectivity index (χ2v) is 6.11. The van der Waals surface area contributed by atoms with E-state index in [2.05, 4.69) is 40.3 Å². The molecule has 2 heterocycles. The van der Waals surface area contributed by atoms with Crippen LogP contribution in [0.1, 0.15) is 31.2 Å². The van der Waals surface area contributed by atoms with Crippen molar-refractivity contribution in [2.45, 2.75) is 50.9 Å². The molecule has 1 N–H and O–H groups in total. The molecule has 2 aromatic rings. The molecule has 2 aliphatic rings. The van der Waals surface area contributed by atoms with Crippen LogP contribution in [0.25, 0.3) is 10.9 Å². The van der Waals surface area contributed by atoms with Gasteiger partial charge in [0.2, 0.25) is 0 Å². The minimum atomic E-state index is 0.398. The summed E-state index contributed by atoms with van der Waals surface area (Å²) in [5.74, 6) is 0. The molecule has 3 nitrogen and oxygen atoms in total. The first-order valence-corrected chi connectivity index (χ1v) is 7.82. The molecule has 1 aliphatic heterocycles. The van der Waals surface area contributed by atoms with Gasteiger partial charge in [-0.05, 0) is 42.7 Å². The molecule has 0 amide bonds. The number of nitrogens with one attached hydrogen (secondary N) is 1. The predicted molar refractivity (Wildman–Crippen MR) is 80.8 cm³/mol. The summed E-state index contributed by atoms with van der Waals surface area (Å²) in [7, 11) is 0. The number of benzene rings is 1. The van der Waals surface area contributed by atoms with Crippen molar-refractivity contribution in [2.75, 3.05) is 6.61 Å². The first kappa shape index (κ1) is 12.4. The maximum Gasteiger partial charge on any atom is 0.0754 e. The molecule has 0 spiro atoms. The van der Waals surface area contributed by atoms with Gasteiger partial charge in [-0.1, -0.05) is 18.2 Å². The standard InChI is InChI=1S/C17H22N2O/c1-3-13-8-9-19(12-16-5-2-10-20-16)17(13)14(4-1)11-18-15-6-7-15/h1,3-4,8-9,15-16,18H,2,5-7,10-12H2. The zero-order valence-corrected chi connectivity index (χ0v) is 11.8. The monoisotopic (exact) mass is 270 g/mol. The molecule has 20 heavy (non-hydrogen) atoms. The van der Waals surface area contributed by atoms with Crippen molar-refractivity contribution in [3.05, 3.63) is 36.0 Å². The van der Waals surface area contributed by atoms with Crippen LogP contribution in [-0.4, -0.2) is 23.3 Å². The van der Waals surface area contributed by atoms with E-state index in [1.54, 1.807) is 0 Å². The lowest BCUT2D eigenvalue weighted by atomic mass is 10.1. The summed E-state index contributed by atoms with van der Waals surface area (Å²) in [6.07, 6.45) is 7.70. The smallest absolute Gasteiger partial charge is 0.0754 e. The van der Waals surface area contributed by atoms with Gasteiger partial charge in [-0.2, -0.15) is 0 Å². The quantitative estimate of drug-likeness (QED) is 0.903. The summed E-state index contributed by atoms with van der Waals surface area (Å²) in [6, 6.07) is 9.62. The van der Waals surface area contributed by atoms with E-state index in [1.165, 1.54) is 42.1 Å². The van der Waals surface area contributed by atoms with E-state index < -0.39 is 0 Å². The Kier molecular flexibility index (Phi) is 3.25. The maximum atomic E-state index is 5.79. The SMILES string of the molecule is c1cc(CNC2CC2)c2c(c1)ccn2CC1CCCO1. The molecule has 3 heteroatoms. The van der Waals surface area contributed by atoms with E-state index in [1.807, 2.05) is 0 Å². The molecule has 2 fully saturated rings. The van der Waals surface area contributed by atoms with Gasteiger partial charge >= 0.3 is 0 Å². The minimum absolute atomic E-state index is 0.398. The number of hydrogen-bond donors (Lipinski definition) is 1. The zero-order chi connectivity index (χ0) is 13.4. The molecule has 0 bridgehead atoms. The Bertz CT molecular complexity index is 594. The number of hydrogen-bond acceptors (Lipinski definition) is 2. The molecule has 1 unspecified atom stereocenters. The van der Waals surface area contributed by atoms with Crippen molar-refractivity contribution in [3.8, 4) is 0 Å². The third kappa shape index (κ3) is 2.48. The highest BCUT2D eigenvalue weighted by Gasteiger charge is 2.21. The fraction of sp³-hybridized carbons (Fsp3) is 0.529. The molecule has 0 radical (unpaired) electrons. The average molecular weight is 270 g/mol. The third-order valence-corrected chi connectivity index (χ3v) is 4.45. The van der Waals surface area contributed by atoms with Crippen molar-refractivity contribution in [3.63, 3.8) is 0 Å². The van der Waals surface area contributed by atoms with Crippen LogP contribution in [0.3, 0.4) is 0 Å². The molecule has 106 valence electrons. The van der Waals surface area contributed by atoms with E-state index in [0.717, 1.165) is 25.7 Å². The molecule has 1 saturated carbocycles. The number of fused-ring (bicyclic) bond motifs is 1. The van der Waals surface area contributed by atoms with Gasteiger partial charge in [-0.3, -0.25) is 0 Å². The number of rotatable bonds is 5. The highest BCUT2D eigenvalue weighted by molar-refractivity contribution is 5.83. The number of ether oxygens (including phenoxy) is 1. The summed E-state index contributed by atoms with van der Waals surface area (Å²) in [5, 5.41) is 4.98. The second-order valence-electron chi connectivity index (χ2n) is 6.11. The van der Waals surface area contributed by atoms with Crippen LogP contribution in [0.2, 0.25) is 0 Å². The fourth-order valence-corrected chi connectivity index (χ4v) is 3.19. The van der Waals surface area contributed by atoms with Gasteiger partial charge in [-0.15, -0.1) is 0 Å². The molecule has 1 atom stereocenters. The Labute approximate surface area is 119 Å². The Balaban J connectivity index is 1.61. The zero-order valence-electron chi connectivity index (χ0n) is 11.8. The van der Waals surface area contributed by atoms with Crippen molar-refractivity contribution in [1.29, 1.82) is 0 Å². The minimum Gasteiger partial charge on any atom is -0.376 e. The Hall–Kier alpha value is -1.32. The Morgan fingerprint density at radius 3 is 2.95 bits per heavy atom. The van der Waals surface area contributed by atoms with Crippen LogP contribution in [0.5, 0.6) is 0 Å². The summed E-state index contributed by atoms with van der Waals surface area (Å²) in [6.45, 7) is 2.90. The average Bonchev–Trinajstić information content (AvgIpc) is 2.98. The normalized spacial score (nSPS) is 22.7. The molecule has 1 aromatic carbocycles. The molecular weight excluding hydrogens is 248 g/mol. The summed E-state index contributed by atoms with van der Waals surface area (Å²) >= 11 is 0. The van der Waals surface area contributed by atoms with E-state index in [4.69, 9.17) is 4.74 Å². The lowest BCUT2D eigenvalue weighted by Gasteiger charge is -2.14. The van der Waals surface area contributed by atoms with Gasteiger partial charge in [0.05, 0.1) is 11.6 Å². The van der Waals surface area contributed by atoms with E-state index >= 15 is 0 Å². The van der Waals surface area contributed by atoms with Gasteiger partial charge in [0.25, 0.3) is 0 Å². The van der Waals surface area contributed by atoms with E-state index in [0.29, 0.717) is 6.10 Å². The molecule has 1 aromatic heterocycles. The van der Waals surface area contributed by atoms with E-state index in [-0.39, 0.29) is 0 Å². The lowest BCUT2D eigenvalue weighted by Crippen LogP contribution is -2.18. The van der Waals surface area contributed by atoms with Gasteiger partial charge < -0.3 is 14.6 Å². The largest absolute Gasteiger partial charge is 0.376 e. The fourth-order valence-electron chi connectivity index (χ4n) is 3.19. The van der Waals surface area contributed by atoms with E-state index in [9.17, 15) is 0 Å². The number of nitrogens with zero attached hydrogens (tertiary/aromatic N) is 1. The first-order chi connectivity index (χ1) is 9.90. The van der Waals surface area contributed by atoms with Gasteiger partial charge in [0.1, 0.15) is 0 Å². The Morgan fingerprint density at radius 1 is 1.20 bits per heavy atom. The van der Waals surface area contributed by atoms with Crippen LogP contribution < -0.4 is 5.32 Å². The first-order valence-electron chi connectivity index (χ1n) is 7.82. The summed E-state index contributed by atoms with van der Waals surface area (Å²) in [4.78, 5) is 0. The predicted octanol–water partition coefficient (Wildman–Crippen LogP) is 3.07. The van der Waals surface area contributed by atoms with Crippen LogP contribution in [0.4, 0.5) is 0 Å².